The number of H-pyrrole nitrogens is 1. The van der Waals surface area contributed by atoms with Crippen LogP contribution >= 0.6 is 11.6 Å². The summed E-state index contributed by atoms with van der Waals surface area (Å²) in [5, 5.41) is 17.1. The standard InChI is InChI=1S/C13H13ClN2O4/c1-2-20-11(17)6-9(13(18)19)12-8-5-7(14)3-4-10(8)15-16-12/h3-5,9H,2,6H2,1H3,(H,15,16)(H,18,19). The van der Waals surface area contributed by atoms with Gasteiger partial charge in [-0.25, -0.2) is 0 Å². The van der Waals surface area contributed by atoms with Gasteiger partial charge in [-0.3, -0.25) is 14.7 Å². The van der Waals surface area contributed by atoms with Gasteiger partial charge in [0.25, 0.3) is 0 Å². The number of nitrogens with zero attached hydrogens (tertiary/aromatic N) is 1. The first-order valence-corrected chi connectivity index (χ1v) is 6.42. The number of aliphatic carboxylic acids is 1. The minimum absolute atomic E-state index is 0.207. The van der Waals surface area contributed by atoms with Crippen molar-refractivity contribution in [3.8, 4) is 0 Å². The summed E-state index contributed by atoms with van der Waals surface area (Å²) in [7, 11) is 0. The van der Waals surface area contributed by atoms with Crippen LogP contribution in [0.25, 0.3) is 10.9 Å². The number of aromatic amines is 1. The van der Waals surface area contributed by atoms with Crippen LogP contribution in [0.5, 0.6) is 0 Å². The quantitative estimate of drug-likeness (QED) is 0.826. The maximum atomic E-state index is 11.5. The van der Waals surface area contributed by atoms with Crippen LogP contribution in [0, 0.1) is 0 Å². The van der Waals surface area contributed by atoms with Crippen molar-refractivity contribution in [2.24, 2.45) is 0 Å². The molecule has 0 aliphatic heterocycles. The zero-order chi connectivity index (χ0) is 14.7. The van der Waals surface area contributed by atoms with Crippen LogP contribution in [0.1, 0.15) is 25.0 Å². The molecule has 0 spiro atoms. The average molecular weight is 297 g/mol. The molecule has 1 atom stereocenters. The van der Waals surface area contributed by atoms with Gasteiger partial charge in [0.2, 0.25) is 0 Å². The van der Waals surface area contributed by atoms with E-state index < -0.39 is 17.9 Å². The van der Waals surface area contributed by atoms with Crippen LogP contribution in [0.2, 0.25) is 5.02 Å². The number of esters is 1. The number of halogens is 1. The molecule has 0 saturated carbocycles. The highest BCUT2D eigenvalue weighted by atomic mass is 35.5. The van der Waals surface area contributed by atoms with Gasteiger partial charge in [0.15, 0.2) is 0 Å². The molecule has 7 heteroatoms. The van der Waals surface area contributed by atoms with Crippen LogP contribution < -0.4 is 0 Å². The van der Waals surface area contributed by atoms with Crippen LogP contribution in [-0.4, -0.2) is 33.8 Å². The highest BCUT2D eigenvalue weighted by Crippen LogP contribution is 2.28. The lowest BCUT2D eigenvalue weighted by Gasteiger charge is -2.09. The first-order chi connectivity index (χ1) is 9.52. The molecule has 2 N–H and O–H groups in total. The molecule has 20 heavy (non-hydrogen) atoms. The van der Waals surface area contributed by atoms with E-state index in [1.54, 1.807) is 25.1 Å². The predicted molar refractivity (Wildman–Crippen MR) is 72.7 cm³/mol. The fourth-order valence-corrected chi connectivity index (χ4v) is 2.13. The number of carboxylic acids is 1. The van der Waals surface area contributed by atoms with Crippen LogP contribution in [0.3, 0.4) is 0 Å². The fraction of sp³-hybridized carbons (Fsp3) is 0.308. The lowest BCUT2D eigenvalue weighted by atomic mass is 9.98. The summed E-state index contributed by atoms with van der Waals surface area (Å²) in [5.41, 5.74) is 0.947. The van der Waals surface area contributed by atoms with Gasteiger partial charge < -0.3 is 9.84 Å². The van der Waals surface area contributed by atoms with Crippen molar-refractivity contribution in [2.45, 2.75) is 19.3 Å². The summed E-state index contributed by atoms with van der Waals surface area (Å²) < 4.78 is 4.79. The monoisotopic (exact) mass is 296 g/mol. The molecular formula is C13H13ClN2O4. The number of hydrogen-bond donors (Lipinski definition) is 2. The Bertz CT molecular complexity index is 653. The molecule has 1 aromatic heterocycles. The summed E-state index contributed by atoms with van der Waals surface area (Å²) in [6.45, 7) is 1.87. The van der Waals surface area contributed by atoms with E-state index in [0.29, 0.717) is 15.9 Å². The lowest BCUT2D eigenvalue weighted by Crippen LogP contribution is -2.18. The van der Waals surface area contributed by atoms with Gasteiger partial charge in [0, 0.05) is 10.4 Å². The summed E-state index contributed by atoms with van der Waals surface area (Å²) in [6, 6.07) is 5.00. The summed E-state index contributed by atoms with van der Waals surface area (Å²) in [5.74, 6) is -2.77. The second-order valence-corrected chi connectivity index (χ2v) is 4.64. The number of benzene rings is 1. The van der Waals surface area contributed by atoms with Crippen molar-refractivity contribution < 1.29 is 19.4 Å². The normalized spacial score (nSPS) is 12.3. The van der Waals surface area contributed by atoms with Crippen molar-refractivity contribution >= 4 is 34.4 Å². The number of carbonyl (C=O) groups excluding carboxylic acids is 1. The number of nitrogens with one attached hydrogen (secondary N) is 1. The summed E-state index contributed by atoms with van der Waals surface area (Å²) in [6.07, 6.45) is -0.268. The first-order valence-electron chi connectivity index (χ1n) is 6.05. The Kier molecular flexibility index (Phi) is 4.24. The smallest absolute Gasteiger partial charge is 0.313 e. The van der Waals surface area contributed by atoms with Crippen molar-refractivity contribution in [1.29, 1.82) is 0 Å². The Morgan fingerprint density at radius 3 is 2.90 bits per heavy atom. The molecule has 0 radical (unpaired) electrons. The first kappa shape index (κ1) is 14.3. The molecule has 6 nitrogen and oxygen atoms in total. The van der Waals surface area contributed by atoms with E-state index in [0.717, 1.165) is 0 Å². The molecule has 2 rings (SSSR count). The van der Waals surface area contributed by atoms with Gasteiger partial charge in [0.05, 0.1) is 24.2 Å². The van der Waals surface area contributed by atoms with Crippen LogP contribution in [-0.2, 0) is 14.3 Å². The number of aromatic nitrogens is 2. The maximum Gasteiger partial charge on any atom is 0.313 e. The Hall–Kier alpha value is -2.08. The lowest BCUT2D eigenvalue weighted by molar-refractivity contribution is -0.148. The minimum atomic E-state index is -1.13. The Balaban J connectivity index is 2.39. The van der Waals surface area contributed by atoms with Gasteiger partial charge in [0.1, 0.15) is 5.92 Å². The minimum Gasteiger partial charge on any atom is -0.481 e. The topological polar surface area (TPSA) is 92.3 Å². The van der Waals surface area contributed by atoms with Crippen LogP contribution in [0.4, 0.5) is 0 Å². The second kappa shape index (κ2) is 5.92. The molecule has 1 unspecified atom stereocenters. The van der Waals surface area contributed by atoms with Gasteiger partial charge in [-0.05, 0) is 25.1 Å². The molecule has 0 fully saturated rings. The van der Waals surface area contributed by atoms with Crippen molar-refractivity contribution in [2.75, 3.05) is 6.61 Å². The van der Waals surface area contributed by atoms with E-state index in [1.807, 2.05) is 0 Å². The molecule has 0 saturated heterocycles. The highest BCUT2D eigenvalue weighted by Gasteiger charge is 2.28. The molecule has 0 aliphatic rings. The summed E-state index contributed by atoms with van der Waals surface area (Å²) in [4.78, 5) is 22.9. The maximum absolute atomic E-state index is 11.5. The third kappa shape index (κ3) is 2.91. The van der Waals surface area contributed by atoms with Crippen molar-refractivity contribution in [3.05, 3.63) is 28.9 Å². The molecular weight excluding hydrogens is 284 g/mol. The number of carbonyl (C=O) groups is 2. The van der Waals surface area contributed by atoms with Gasteiger partial charge >= 0.3 is 11.9 Å². The number of fused-ring (bicyclic) bond motifs is 1. The molecule has 0 aliphatic carbocycles. The van der Waals surface area contributed by atoms with E-state index in [9.17, 15) is 14.7 Å². The fourth-order valence-electron chi connectivity index (χ4n) is 1.96. The molecule has 0 amide bonds. The highest BCUT2D eigenvalue weighted by molar-refractivity contribution is 6.31. The molecule has 1 aromatic carbocycles. The predicted octanol–water partition coefficient (Wildman–Crippen LogP) is 2.34. The SMILES string of the molecule is CCOC(=O)CC(C(=O)O)c1n[nH]c2ccc(Cl)cc12. The van der Waals surface area contributed by atoms with Crippen molar-refractivity contribution in [3.63, 3.8) is 0 Å². The largest absolute Gasteiger partial charge is 0.481 e. The van der Waals surface area contributed by atoms with E-state index in [2.05, 4.69) is 10.2 Å². The summed E-state index contributed by atoms with van der Waals surface area (Å²) >= 11 is 5.91. The molecule has 1 heterocycles. The number of hydrogen-bond acceptors (Lipinski definition) is 4. The molecule has 106 valence electrons. The second-order valence-electron chi connectivity index (χ2n) is 4.20. The van der Waals surface area contributed by atoms with Gasteiger partial charge in [-0.15, -0.1) is 0 Å². The van der Waals surface area contributed by atoms with E-state index in [1.165, 1.54) is 0 Å². The molecule has 0 bridgehead atoms. The zero-order valence-electron chi connectivity index (χ0n) is 10.7. The number of ether oxygens (including phenoxy) is 1. The number of rotatable bonds is 5. The van der Waals surface area contributed by atoms with Crippen molar-refractivity contribution in [1.82, 2.24) is 10.2 Å². The zero-order valence-corrected chi connectivity index (χ0v) is 11.5. The Morgan fingerprint density at radius 2 is 2.25 bits per heavy atom. The Morgan fingerprint density at radius 1 is 1.50 bits per heavy atom. The van der Waals surface area contributed by atoms with E-state index in [4.69, 9.17) is 16.3 Å². The van der Waals surface area contributed by atoms with E-state index in [-0.39, 0.29) is 18.7 Å². The van der Waals surface area contributed by atoms with Crippen LogP contribution in [0.15, 0.2) is 18.2 Å². The third-order valence-corrected chi connectivity index (χ3v) is 3.09. The van der Waals surface area contributed by atoms with Gasteiger partial charge in [-0.2, -0.15) is 5.10 Å². The number of carboxylic acid groups (broad SMARTS) is 1. The third-order valence-electron chi connectivity index (χ3n) is 2.86. The Labute approximate surface area is 119 Å². The average Bonchev–Trinajstić information content (AvgIpc) is 2.78. The molecule has 2 aromatic rings. The van der Waals surface area contributed by atoms with E-state index >= 15 is 0 Å². The van der Waals surface area contributed by atoms with Gasteiger partial charge in [-0.1, -0.05) is 11.6 Å².